The van der Waals surface area contributed by atoms with E-state index in [1.165, 1.54) is 0 Å². The number of halogens is 1. The highest BCUT2D eigenvalue weighted by Gasteiger charge is 2.06. The molecular weight excluding hydrogens is 316 g/mol. The third-order valence-electron chi connectivity index (χ3n) is 2.88. The second-order valence-corrected chi connectivity index (χ2v) is 5.85. The number of nitrogens with one attached hydrogen (secondary N) is 2. The van der Waals surface area contributed by atoms with Crippen LogP contribution in [-0.4, -0.2) is 12.5 Å². The molecule has 0 spiro atoms. The first-order valence-corrected chi connectivity index (χ1v) is 7.36. The Morgan fingerprint density at radius 3 is 2.55 bits per heavy atom. The zero-order valence-electron chi connectivity index (χ0n) is 11.7. The number of nitrogens with zero attached hydrogens (tertiary/aromatic N) is 1. The molecule has 106 valence electrons. The van der Waals surface area contributed by atoms with E-state index in [1.54, 1.807) is 0 Å². The SMILES string of the molecule is CC(C)CN=C(NN)Nc1ccc(Br)c2ccccc12. The van der Waals surface area contributed by atoms with Crippen LogP contribution in [0.15, 0.2) is 45.9 Å². The lowest BCUT2D eigenvalue weighted by Gasteiger charge is -2.13. The van der Waals surface area contributed by atoms with Crippen molar-refractivity contribution >= 4 is 38.3 Å². The number of hydrazine groups is 1. The molecule has 4 nitrogen and oxygen atoms in total. The minimum atomic E-state index is 0.488. The molecule has 4 N–H and O–H groups in total. The van der Waals surface area contributed by atoms with Gasteiger partial charge >= 0.3 is 0 Å². The van der Waals surface area contributed by atoms with Crippen molar-refractivity contribution in [3.05, 3.63) is 40.9 Å². The summed E-state index contributed by atoms with van der Waals surface area (Å²) in [6.45, 7) is 4.96. The van der Waals surface area contributed by atoms with Gasteiger partial charge in [-0.25, -0.2) is 5.84 Å². The molecular formula is C15H19BrN4. The Labute approximate surface area is 127 Å². The average Bonchev–Trinajstić information content (AvgIpc) is 2.46. The van der Waals surface area contributed by atoms with Crippen molar-refractivity contribution in [1.29, 1.82) is 0 Å². The molecule has 5 heteroatoms. The van der Waals surface area contributed by atoms with Crippen molar-refractivity contribution < 1.29 is 0 Å². The Bertz CT molecular complexity index is 622. The van der Waals surface area contributed by atoms with E-state index in [1.807, 2.05) is 24.3 Å². The molecule has 2 aromatic rings. The number of nitrogens with two attached hydrogens (primary N) is 1. The third kappa shape index (κ3) is 3.49. The van der Waals surface area contributed by atoms with Crippen LogP contribution in [0.1, 0.15) is 13.8 Å². The van der Waals surface area contributed by atoms with Crippen LogP contribution in [0.5, 0.6) is 0 Å². The molecule has 0 aliphatic rings. The quantitative estimate of drug-likeness (QED) is 0.348. The largest absolute Gasteiger partial charge is 0.325 e. The fraction of sp³-hybridized carbons (Fsp3) is 0.267. The second kappa shape index (κ2) is 6.72. The van der Waals surface area contributed by atoms with Crippen molar-refractivity contribution in [2.45, 2.75) is 13.8 Å². The lowest BCUT2D eigenvalue weighted by molar-refractivity contribution is 0.663. The van der Waals surface area contributed by atoms with E-state index in [2.05, 4.69) is 57.6 Å². The monoisotopic (exact) mass is 334 g/mol. The van der Waals surface area contributed by atoms with Crippen LogP contribution < -0.4 is 16.6 Å². The zero-order valence-corrected chi connectivity index (χ0v) is 13.2. The van der Waals surface area contributed by atoms with E-state index in [9.17, 15) is 0 Å². The van der Waals surface area contributed by atoms with Crippen molar-refractivity contribution in [3.8, 4) is 0 Å². The highest BCUT2D eigenvalue weighted by molar-refractivity contribution is 9.10. The van der Waals surface area contributed by atoms with Crippen LogP contribution in [0, 0.1) is 5.92 Å². The molecule has 0 aliphatic carbocycles. The van der Waals surface area contributed by atoms with Crippen LogP contribution >= 0.6 is 15.9 Å². The van der Waals surface area contributed by atoms with E-state index in [0.29, 0.717) is 11.9 Å². The standard InChI is InChI=1S/C15H19BrN4/c1-10(2)9-18-15(20-17)19-14-8-7-13(16)11-5-3-4-6-12(11)14/h3-8,10H,9,17H2,1-2H3,(H2,18,19,20). The van der Waals surface area contributed by atoms with Crippen LogP contribution in [0.4, 0.5) is 5.69 Å². The third-order valence-corrected chi connectivity index (χ3v) is 3.57. The number of aliphatic imine (C=N–C) groups is 1. The molecule has 0 fully saturated rings. The summed E-state index contributed by atoms with van der Waals surface area (Å²) in [6, 6.07) is 12.2. The van der Waals surface area contributed by atoms with E-state index in [-0.39, 0.29) is 0 Å². The number of fused-ring (bicyclic) bond motifs is 1. The summed E-state index contributed by atoms with van der Waals surface area (Å²) in [7, 11) is 0. The predicted octanol–water partition coefficient (Wildman–Crippen LogP) is 3.49. The Hall–Kier alpha value is -1.59. The summed E-state index contributed by atoms with van der Waals surface area (Å²) in [5.74, 6) is 6.59. The predicted molar refractivity (Wildman–Crippen MR) is 89.7 cm³/mol. The smallest absolute Gasteiger partial charge is 0.210 e. The first-order chi connectivity index (χ1) is 9.61. The normalized spacial score (nSPS) is 11.9. The summed E-state index contributed by atoms with van der Waals surface area (Å²) in [5.41, 5.74) is 3.59. The number of hydrogen-bond donors (Lipinski definition) is 3. The lowest BCUT2D eigenvalue weighted by atomic mass is 10.1. The van der Waals surface area contributed by atoms with Gasteiger partial charge in [0.1, 0.15) is 0 Å². The first kappa shape index (κ1) is 14.8. The summed E-state index contributed by atoms with van der Waals surface area (Å²) in [4.78, 5) is 4.42. The number of benzene rings is 2. The maximum atomic E-state index is 5.53. The van der Waals surface area contributed by atoms with Crippen molar-refractivity contribution in [2.75, 3.05) is 11.9 Å². The van der Waals surface area contributed by atoms with E-state index >= 15 is 0 Å². The maximum absolute atomic E-state index is 5.53. The maximum Gasteiger partial charge on any atom is 0.210 e. The molecule has 0 bridgehead atoms. The van der Waals surface area contributed by atoms with Gasteiger partial charge in [-0.05, 0) is 23.4 Å². The lowest BCUT2D eigenvalue weighted by Crippen LogP contribution is -2.36. The van der Waals surface area contributed by atoms with Gasteiger partial charge in [0.25, 0.3) is 0 Å². The molecule has 0 aromatic heterocycles. The van der Waals surface area contributed by atoms with Crippen LogP contribution in [0.3, 0.4) is 0 Å². The second-order valence-electron chi connectivity index (χ2n) is 4.99. The first-order valence-electron chi connectivity index (χ1n) is 6.57. The summed E-state index contributed by atoms with van der Waals surface area (Å²) < 4.78 is 1.07. The van der Waals surface area contributed by atoms with E-state index in [4.69, 9.17) is 5.84 Å². The van der Waals surface area contributed by atoms with Gasteiger partial charge in [0.15, 0.2) is 0 Å². The van der Waals surface area contributed by atoms with Crippen molar-refractivity contribution in [1.82, 2.24) is 5.43 Å². The van der Waals surface area contributed by atoms with Gasteiger partial charge in [0.2, 0.25) is 5.96 Å². The van der Waals surface area contributed by atoms with Gasteiger partial charge in [-0.15, -0.1) is 0 Å². The topological polar surface area (TPSA) is 62.4 Å². The van der Waals surface area contributed by atoms with Crippen LogP contribution in [0.2, 0.25) is 0 Å². The fourth-order valence-corrected chi connectivity index (χ4v) is 2.37. The van der Waals surface area contributed by atoms with Crippen LogP contribution in [0.25, 0.3) is 10.8 Å². The molecule has 0 atom stereocenters. The van der Waals surface area contributed by atoms with Gasteiger partial charge in [-0.3, -0.25) is 10.4 Å². The summed E-state index contributed by atoms with van der Waals surface area (Å²) in [5, 5.41) is 5.52. The Morgan fingerprint density at radius 2 is 1.90 bits per heavy atom. The Balaban J connectivity index is 2.34. The fourth-order valence-electron chi connectivity index (χ4n) is 1.89. The van der Waals surface area contributed by atoms with Gasteiger partial charge in [-0.1, -0.05) is 54.0 Å². The summed E-state index contributed by atoms with van der Waals surface area (Å²) >= 11 is 3.57. The number of hydrogen-bond acceptors (Lipinski definition) is 2. The van der Waals surface area contributed by atoms with Gasteiger partial charge < -0.3 is 5.32 Å². The highest BCUT2D eigenvalue weighted by atomic mass is 79.9. The van der Waals surface area contributed by atoms with E-state index < -0.39 is 0 Å². The van der Waals surface area contributed by atoms with Crippen LogP contribution in [-0.2, 0) is 0 Å². The summed E-state index contributed by atoms with van der Waals surface area (Å²) in [6.07, 6.45) is 0. The molecule has 0 aliphatic heterocycles. The molecule has 2 aromatic carbocycles. The Morgan fingerprint density at radius 1 is 1.20 bits per heavy atom. The number of rotatable bonds is 3. The van der Waals surface area contributed by atoms with Gasteiger partial charge in [0.05, 0.1) is 0 Å². The zero-order chi connectivity index (χ0) is 14.5. The van der Waals surface area contributed by atoms with Gasteiger partial charge in [-0.2, -0.15) is 0 Å². The molecule has 0 saturated heterocycles. The molecule has 0 radical (unpaired) electrons. The molecule has 20 heavy (non-hydrogen) atoms. The van der Waals surface area contributed by atoms with Crippen molar-refractivity contribution in [2.24, 2.45) is 16.8 Å². The number of anilines is 1. The van der Waals surface area contributed by atoms with Crippen molar-refractivity contribution in [3.63, 3.8) is 0 Å². The number of guanidine groups is 1. The average molecular weight is 335 g/mol. The van der Waals surface area contributed by atoms with Gasteiger partial charge in [0, 0.05) is 22.1 Å². The Kier molecular flexibility index (Phi) is 4.98. The molecule has 2 rings (SSSR count). The minimum Gasteiger partial charge on any atom is -0.325 e. The minimum absolute atomic E-state index is 0.488. The molecule has 0 amide bonds. The molecule has 0 unspecified atom stereocenters. The molecule has 0 saturated carbocycles. The molecule has 0 heterocycles. The van der Waals surface area contributed by atoms with E-state index in [0.717, 1.165) is 27.5 Å². The highest BCUT2D eigenvalue weighted by Crippen LogP contribution is 2.29.